The fourth-order valence-corrected chi connectivity index (χ4v) is 2.98. The fourth-order valence-electron chi connectivity index (χ4n) is 1.81. The molecular weight excluding hydrogens is 278 g/mol. The van der Waals surface area contributed by atoms with Gasteiger partial charge in [-0.25, -0.2) is 9.97 Å². The highest BCUT2D eigenvalue weighted by atomic mass is 35.5. The van der Waals surface area contributed by atoms with Crippen LogP contribution in [0.4, 0.5) is 0 Å². The van der Waals surface area contributed by atoms with Gasteiger partial charge in [0.1, 0.15) is 0 Å². The summed E-state index contributed by atoms with van der Waals surface area (Å²) in [6, 6.07) is 7.86. The molecule has 0 bridgehead atoms. The molecule has 19 heavy (non-hydrogen) atoms. The zero-order valence-electron chi connectivity index (χ0n) is 11.2. The fraction of sp³-hybridized carbons (Fsp3) is 0.286. The Bertz CT molecular complexity index is 567. The van der Waals surface area contributed by atoms with Crippen molar-refractivity contribution < 1.29 is 0 Å². The van der Waals surface area contributed by atoms with Crippen molar-refractivity contribution in [3.8, 4) is 0 Å². The number of hydrogen-bond acceptors (Lipinski definition) is 4. The molecule has 2 rings (SSSR count). The molecule has 1 N–H and O–H groups in total. The van der Waals surface area contributed by atoms with E-state index in [9.17, 15) is 0 Å². The molecule has 0 aliphatic carbocycles. The standard InChI is InChI=1S/C14H16ClN3S/c1-9-6-10(2)18-14(17-9)19-13-5-4-12(15)7-11(13)8-16-3/h4-7,16H,8H2,1-3H3. The van der Waals surface area contributed by atoms with Crippen LogP contribution in [0.3, 0.4) is 0 Å². The van der Waals surface area contributed by atoms with Crippen LogP contribution in [0.5, 0.6) is 0 Å². The van der Waals surface area contributed by atoms with E-state index < -0.39 is 0 Å². The molecule has 0 saturated carbocycles. The first-order valence-electron chi connectivity index (χ1n) is 6.01. The summed E-state index contributed by atoms with van der Waals surface area (Å²) in [5.41, 5.74) is 3.13. The minimum atomic E-state index is 0.746. The number of nitrogens with one attached hydrogen (secondary N) is 1. The zero-order valence-corrected chi connectivity index (χ0v) is 12.8. The van der Waals surface area contributed by atoms with Gasteiger partial charge in [-0.2, -0.15) is 0 Å². The molecule has 0 atom stereocenters. The summed E-state index contributed by atoms with van der Waals surface area (Å²) in [4.78, 5) is 10.0. The average molecular weight is 294 g/mol. The second kappa shape index (κ2) is 6.37. The molecule has 0 fully saturated rings. The number of rotatable bonds is 4. The summed E-state index contributed by atoms with van der Waals surface area (Å²) in [5, 5.41) is 4.67. The van der Waals surface area contributed by atoms with Crippen molar-refractivity contribution in [2.45, 2.75) is 30.4 Å². The molecular formula is C14H16ClN3S. The van der Waals surface area contributed by atoms with Gasteiger partial charge in [0.15, 0.2) is 5.16 Å². The molecule has 1 aromatic carbocycles. The quantitative estimate of drug-likeness (QED) is 0.874. The van der Waals surface area contributed by atoms with Crippen LogP contribution in [-0.4, -0.2) is 17.0 Å². The highest BCUT2D eigenvalue weighted by Gasteiger charge is 2.08. The molecule has 0 saturated heterocycles. The third kappa shape index (κ3) is 3.93. The first-order chi connectivity index (χ1) is 9.08. The number of nitrogens with zero attached hydrogens (tertiary/aromatic N) is 2. The van der Waals surface area contributed by atoms with E-state index in [1.165, 1.54) is 0 Å². The summed E-state index contributed by atoms with van der Waals surface area (Å²) in [7, 11) is 1.92. The van der Waals surface area contributed by atoms with E-state index in [1.807, 2.05) is 45.2 Å². The Labute approximate surface area is 122 Å². The minimum Gasteiger partial charge on any atom is -0.316 e. The van der Waals surface area contributed by atoms with E-state index >= 15 is 0 Å². The van der Waals surface area contributed by atoms with Gasteiger partial charge in [-0.15, -0.1) is 0 Å². The first kappa shape index (κ1) is 14.3. The number of hydrogen-bond donors (Lipinski definition) is 1. The molecule has 3 nitrogen and oxygen atoms in total. The second-order valence-electron chi connectivity index (χ2n) is 4.32. The van der Waals surface area contributed by atoms with Crippen molar-refractivity contribution >= 4 is 23.4 Å². The van der Waals surface area contributed by atoms with Gasteiger partial charge in [-0.1, -0.05) is 11.6 Å². The highest BCUT2D eigenvalue weighted by molar-refractivity contribution is 7.99. The lowest BCUT2D eigenvalue weighted by molar-refractivity contribution is 0.802. The first-order valence-corrected chi connectivity index (χ1v) is 7.21. The van der Waals surface area contributed by atoms with Gasteiger partial charge >= 0.3 is 0 Å². The summed E-state index contributed by atoms with van der Waals surface area (Å²) in [6.07, 6.45) is 0. The van der Waals surface area contributed by atoms with Crippen molar-refractivity contribution in [3.63, 3.8) is 0 Å². The Balaban J connectivity index is 2.31. The second-order valence-corrected chi connectivity index (χ2v) is 5.76. The molecule has 0 aliphatic heterocycles. The van der Waals surface area contributed by atoms with Gasteiger partial charge in [0.25, 0.3) is 0 Å². The van der Waals surface area contributed by atoms with Crippen LogP contribution in [0, 0.1) is 13.8 Å². The molecule has 0 spiro atoms. The van der Waals surface area contributed by atoms with E-state index in [1.54, 1.807) is 11.8 Å². The Kier molecular flexibility index (Phi) is 4.80. The predicted molar refractivity (Wildman–Crippen MR) is 79.8 cm³/mol. The van der Waals surface area contributed by atoms with Crippen molar-refractivity contribution in [1.82, 2.24) is 15.3 Å². The summed E-state index contributed by atoms with van der Waals surface area (Å²) in [6.45, 7) is 4.73. The van der Waals surface area contributed by atoms with Crippen molar-refractivity contribution in [2.75, 3.05) is 7.05 Å². The topological polar surface area (TPSA) is 37.8 Å². The largest absolute Gasteiger partial charge is 0.316 e. The summed E-state index contributed by atoms with van der Waals surface area (Å²) >= 11 is 7.61. The van der Waals surface area contributed by atoms with Crippen molar-refractivity contribution in [1.29, 1.82) is 0 Å². The molecule has 100 valence electrons. The van der Waals surface area contributed by atoms with Crippen molar-refractivity contribution in [2.24, 2.45) is 0 Å². The van der Waals surface area contributed by atoms with Crippen LogP contribution in [0.2, 0.25) is 5.02 Å². The number of aromatic nitrogens is 2. The van der Waals surface area contributed by atoms with Crippen LogP contribution < -0.4 is 5.32 Å². The van der Waals surface area contributed by atoms with Gasteiger partial charge in [-0.3, -0.25) is 0 Å². The monoisotopic (exact) mass is 293 g/mol. The summed E-state index contributed by atoms with van der Waals surface area (Å²) in [5.74, 6) is 0. The lowest BCUT2D eigenvalue weighted by Crippen LogP contribution is -2.06. The SMILES string of the molecule is CNCc1cc(Cl)ccc1Sc1nc(C)cc(C)n1. The van der Waals surface area contributed by atoms with Gasteiger partial charge < -0.3 is 5.32 Å². The Hall–Kier alpha value is -1.10. The maximum absolute atomic E-state index is 6.04. The lowest BCUT2D eigenvalue weighted by Gasteiger charge is -2.09. The Morgan fingerprint density at radius 1 is 1.16 bits per heavy atom. The van der Waals surface area contributed by atoms with Gasteiger partial charge in [0.2, 0.25) is 0 Å². The van der Waals surface area contributed by atoms with E-state index in [2.05, 4.69) is 15.3 Å². The van der Waals surface area contributed by atoms with Crippen LogP contribution in [0.25, 0.3) is 0 Å². The van der Waals surface area contributed by atoms with Gasteiger partial charge in [-0.05, 0) is 62.5 Å². The highest BCUT2D eigenvalue weighted by Crippen LogP contribution is 2.30. The average Bonchev–Trinajstić information content (AvgIpc) is 2.32. The zero-order chi connectivity index (χ0) is 13.8. The molecule has 1 heterocycles. The molecule has 0 radical (unpaired) electrons. The normalized spacial score (nSPS) is 10.7. The van der Waals surface area contributed by atoms with Crippen molar-refractivity contribution in [3.05, 3.63) is 46.2 Å². The maximum Gasteiger partial charge on any atom is 0.192 e. The van der Waals surface area contributed by atoms with Crippen LogP contribution >= 0.6 is 23.4 Å². The Morgan fingerprint density at radius 3 is 2.47 bits per heavy atom. The van der Waals surface area contributed by atoms with E-state index in [4.69, 9.17) is 11.6 Å². The summed E-state index contributed by atoms with van der Waals surface area (Å²) < 4.78 is 0. The number of benzene rings is 1. The predicted octanol–water partition coefficient (Wildman–Crippen LogP) is 3.62. The van der Waals surface area contributed by atoms with Gasteiger partial charge in [0.05, 0.1) is 0 Å². The van der Waals surface area contributed by atoms with E-state index in [0.717, 1.165) is 38.6 Å². The van der Waals surface area contributed by atoms with E-state index in [0.29, 0.717) is 0 Å². The third-order valence-corrected chi connectivity index (χ3v) is 3.77. The van der Waals surface area contributed by atoms with Crippen LogP contribution in [0.15, 0.2) is 34.3 Å². The van der Waals surface area contributed by atoms with Gasteiger partial charge in [0, 0.05) is 27.9 Å². The Morgan fingerprint density at radius 2 is 1.84 bits per heavy atom. The lowest BCUT2D eigenvalue weighted by atomic mass is 10.2. The molecule has 0 aliphatic rings. The van der Waals surface area contributed by atoms with E-state index in [-0.39, 0.29) is 0 Å². The molecule has 0 unspecified atom stereocenters. The molecule has 0 amide bonds. The van der Waals surface area contributed by atoms with Crippen LogP contribution in [0.1, 0.15) is 17.0 Å². The smallest absolute Gasteiger partial charge is 0.192 e. The number of aryl methyl sites for hydroxylation is 2. The molecule has 5 heteroatoms. The number of halogens is 1. The molecule has 2 aromatic rings. The molecule has 1 aromatic heterocycles. The van der Waals surface area contributed by atoms with Crippen LogP contribution in [-0.2, 0) is 6.54 Å². The minimum absolute atomic E-state index is 0.746. The third-order valence-electron chi connectivity index (χ3n) is 2.55. The maximum atomic E-state index is 6.04.